The Hall–Kier alpha value is -0.315. The molecule has 0 unspecified atom stereocenters. The molecule has 0 bridgehead atoms. The van der Waals surface area contributed by atoms with E-state index in [-0.39, 0.29) is 0 Å². The molecule has 0 rings (SSSR count). The van der Waals surface area contributed by atoms with E-state index < -0.39 is 7.12 Å². The second-order valence-electron chi connectivity index (χ2n) is 1.18. The molecule has 0 aliphatic heterocycles. The van der Waals surface area contributed by atoms with E-state index in [1.165, 1.54) is 13.1 Å². The monoisotopic (exact) mass is 116 g/mol. The van der Waals surface area contributed by atoms with E-state index in [0.29, 0.717) is 0 Å². The third-order valence-corrected chi connectivity index (χ3v) is 0.552. The summed E-state index contributed by atoms with van der Waals surface area (Å²) in [7, 11) is 0.400. The lowest BCUT2D eigenvalue weighted by Gasteiger charge is -1.95. The minimum absolute atomic E-state index is 0.940. The summed E-state index contributed by atoms with van der Waals surface area (Å²) >= 11 is 0. The van der Waals surface area contributed by atoms with Crippen LogP contribution in [0.4, 0.5) is 0 Å². The van der Waals surface area contributed by atoms with Crippen LogP contribution in [-0.4, -0.2) is 19.3 Å². The van der Waals surface area contributed by atoms with Crippen molar-refractivity contribution in [3.8, 4) is 0 Å². The van der Waals surface area contributed by atoms with Gasteiger partial charge in [0, 0.05) is 0 Å². The van der Waals surface area contributed by atoms with Gasteiger partial charge >= 0.3 is 7.12 Å². The van der Waals surface area contributed by atoms with Gasteiger partial charge in [-0.05, 0) is 6.92 Å². The molecule has 0 saturated carbocycles. The van der Waals surface area contributed by atoms with Crippen molar-refractivity contribution < 1.29 is 14.7 Å². The molecule has 3 nitrogen and oxygen atoms in total. The first-order chi connectivity index (χ1) is 3.81. The minimum Gasteiger partial charge on any atom is -0.422 e. The SMILES string of the molecule is C/C=C/B(O)OOC. The zero-order valence-corrected chi connectivity index (χ0v) is 5.00. The summed E-state index contributed by atoms with van der Waals surface area (Å²) in [4.78, 5) is 8.41. The maximum absolute atomic E-state index is 8.62. The van der Waals surface area contributed by atoms with Gasteiger partial charge in [0.2, 0.25) is 0 Å². The Bertz CT molecular complexity index is 73.7. The Kier molecular flexibility index (Phi) is 4.64. The molecule has 0 atom stereocenters. The van der Waals surface area contributed by atoms with E-state index in [4.69, 9.17) is 5.02 Å². The van der Waals surface area contributed by atoms with Gasteiger partial charge in [-0.3, -0.25) is 9.69 Å². The summed E-state index contributed by atoms with van der Waals surface area (Å²) in [6.07, 6.45) is 1.67. The second kappa shape index (κ2) is 4.83. The predicted molar refractivity (Wildman–Crippen MR) is 30.9 cm³/mol. The van der Waals surface area contributed by atoms with Gasteiger partial charge in [0.25, 0.3) is 0 Å². The minimum atomic E-state index is -0.940. The zero-order chi connectivity index (χ0) is 6.41. The van der Waals surface area contributed by atoms with Crippen molar-refractivity contribution in [2.24, 2.45) is 0 Å². The molecule has 0 heterocycles. The first-order valence-electron chi connectivity index (χ1n) is 2.31. The topological polar surface area (TPSA) is 38.7 Å². The third-order valence-electron chi connectivity index (χ3n) is 0.552. The van der Waals surface area contributed by atoms with Gasteiger partial charge in [0.1, 0.15) is 0 Å². The summed E-state index contributed by atoms with van der Waals surface area (Å²) in [5, 5.41) is 8.62. The van der Waals surface area contributed by atoms with E-state index in [0.717, 1.165) is 0 Å². The van der Waals surface area contributed by atoms with Crippen molar-refractivity contribution in [3.63, 3.8) is 0 Å². The molecule has 0 aromatic heterocycles. The summed E-state index contributed by atoms with van der Waals surface area (Å²) < 4.78 is 0. The lowest BCUT2D eigenvalue weighted by molar-refractivity contribution is -0.193. The molecule has 0 fully saturated rings. The van der Waals surface area contributed by atoms with Gasteiger partial charge in [-0.2, -0.15) is 0 Å². The van der Waals surface area contributed by atoms with Gasteiger partial charge in [-0.1, -0.05) is 12.1 Å². The van der Waals surface area contributed by atoms with Gasteiger partial charge in [-0.25, -0.2) is 0 Å². The highest BCUT2D eigenvalue weighted by atomic mass is 17.2. The summed E-state index contributed by atoms with van der Waals surface area (Å²) in [6.45, 7) is 1.78. The first kappa shape index (κ1) is 7.68. The quantitative estimate of drug-likeness (QED) is 0.324. The van der Waals surface area contributed by atoms with Crippen molar-refractivity contribution >= 4 is 7.12 Å². The summed E-state index contributed by atoms with van der Waals surface area (Å²) in [5.74, 6) is 1.46. The number of rotatable bonds is 3. The Labute approximate surface area is 49.0 Å². The fourth-order valence-corrected chi connectivity index (χ4v) is 0.295. The van der Waals surface area contributed by atoms with Crippen molar-refractivity contribution in [1.29, 1.82) is 0 Å². The van der Waals surface area contributed by atoms with Gasteiger partial charge in [0.05, 0.1) is 7.11 Å². The van der Waals surface area contributed by atoms with Crippen LogP contribution >= 0.6 is 0 Å². The highest BCUT2D eigenvalue weighted by Crippen LogP contribution is 1.81. The average molecular weight is 116 g/mol. The van der Waals surface area contributed by atoms with Crippen LogP contribution in [0.5, 0.6) is 0 Å². The molecule has 0 aromatic carbocycles. The number of allylic oxidation sites excluding steroid dienone is 1. The maximum Gasteiger partial charge on any atom is 0.515 e. The third kappa shape index (κ3) is 3.86. The average Bonchev–Trinajstić information content (AvgIpc) is 1.68. The normalized spacial score (nSPS) is 10.4. The standard InChI is InChI=1S/C4H9BO3/c1-3-4-5(6)8-7-2/h3-4,6H,1-2H3/b4-3+. The molecule has 0 radical (unpaired) electrons. The van der Waals surface area contributed by atoms with Crippen molar-refractivity contribution in [2.45, 2.75) is 6.92 Å². The molecule has 46 valence electrons. The van der Waals surface area contributed by atoms with E-state index in [1.54, 1.807) is 13.0 Å². The van der Waals surface area contributed by atoms with Crippen molar-refractivity contribution in [1.82, 2.24) is 0 Å². The zero-order valence-electron chi connectivity index (χ0n) is 5.00. The highest BCUT2D eigenvalue weighted by Gasteiger charge is 2.05. The Morgan fingerprint density at radius 3 is 2.62 bits per heavy atom. The van der Waals surface area contributed by atoms with Crippen molar-refractivity contribution in [3.05, 3.63) is 12.1 Å². The molecule has 8 heavy (non-hydrogen) atoms. The molecule has 4 heteroatoms. The van der Waals surface area contributed by atoms with Gasteiger partial charge in [0.15, 0.2) is 0 Å². The Morgan fingerprint density at radius 2 is 2.25 bits per heavy atom. The number of hydrogen-bond acceptors (Lipinski definition) is 3. The summed E-state index contributed by atoms with van der Waals surface area (Å²) in [5.41, 5.74) is 0. The molecule has 1 N–H and O–H groups in total. The molecule has 0 amide bonds. The lowest BCUT2D eigenvalue weighted by Crippen LogP contribution is -2.13. The van der Waals surface area contributed by atoms with E-state index >= 15 is 0 Å². The molecule has 0 saturated heterocycles. The fraction of sp³-hybridized carbons (Fsp3) is 0.500. The van der Waals surface area contributed by atoms with Crippen LogP contribution < -0.4 is 0 Å². The van der Waals surface area contributed by atoms with E-state index in [1.807, 2.05) is 0 Å². The van der Waals surface area contributed by atoms with Crippen molar-refractivity contribution in [2.75, 3.05) is 7.11 Å². The van der Waals surface area contributed by atoms with Crippen LogP contribution in [0.15, 0.2) is 12.1 Å². The Balaban J connectivity index is 3.17. The lowest BCUT2D eigenvalue weighted by atomic mass is 9.92. The Morgan fingerprint density at radius 1 is 1.62 bits per heavy atom. The number of hydrogen-bond donors (Lipinski definition) is 1. The molecule has 0 spiro atoms. The van der Waals surface area contributed by atoms with Crippen LogP contribution in [0.2, 0.25) is 0 Å². The molecule has 0 aromatic rings. The largest absolute Gasteiger partial charge is 0.515 e. The van der Waals surface area contributed by atoms with Crippen LogP contribution in [0, 0.1) is 0 Å². The van der Waals surface area contributed by atoms with Crippen LogP contribution in [-0.2, 0) is 9.69 Å². The first-order valence-corrected chi connectivity index (χ1v) is 2.31. The van der Waals surface area contributed by atoms with Gasteiger partial charge < -0.3 is 5.02 Å². The highest BCUT2D eigenvalue weighted by molar-refractivity contribution is 6.48. The summed E-state index contributed by atoms with van der Waals surface area (Å²) in [6, 6.07) is 0. The predicted octanol–water partition coefficient (Wildman–Crippen LogP) is 0.160. The van der Waals surface area contributed by atoms with Crippen LogP contribution in [0.25, 0.3) is 0 Å². The molecular formula is C4H9BO3. The molecular weight excluding hydrogens is 107 g/mol. The smallest absolute Gasteiger partial charge is 0.422 e. The molecule has 0 aliphatic carbocycles. The van der Waals surface area contributed by atoms with Crippen LogP contribution in [0.1, 0.15) is 6.92 Å². The van der Waals surface area contributed by atoms with E-state index in [9.17, 15) is 0 Å². The molecule has 0 aliphatic rings. The second-order valence-corrected chi connectivity index (χ2v) is 1.18. The van der Waals surface area contributed by atoms with Crippen LogP contribution in [0.3, 0.4) is 0 Å². The van der Waals surface area contributed by atoms with E-state index in [2.05, 4.69) is 9.69 Å². The maximum atomic E-state index is 8.62. The fourth-order valence-electron chi connectivity index (χ4n) is 0.295. The van der Waals surface area contributed by atoms with Gasteiger partial charge in [-0.15, -0.1) is 0 Å².